The lowest BCUT2D eigenvalue weighted by atomic mass is 9.95. The maximum absolute atomic E-state index is 13.6. The number of anilines is 1. The monoisotopic (exact) mass is 495 g/mol. The van der Waals surface area contributed by atoms with Gasteiger partial charge in [0.2, 0.25) is 0 Å². The van der Waals surface area contributed by atoms with Crippen LogP contribution >= 0.6 is 11.6 Å². The molecule has 0 aliphatic carbocycles. The van der Waals surface area contributed by atoms with Crippen molar-refractivity contribution >= 4 is 17.4 Å². The molecule has 0 spiro atoms. The van der Waals surface area contributed by atoms with Gasteiger partial charge in [0.1, 0.15) is 17.2 Å². The van der Waals surface area contributed by atoms with Crippen LogP contribution in [0.2, 0.25) is 5.02 Å². The molecule has 0 atom stereocenters. The van der Waals surface area contributed by atoms with Crippen LogP contribution in [0, 0.1) is 17.1 Å². The normalized spacial score (nSPS) is 16.9. The molecule has 0 unspecified atom stereocenters. The number of ether oxygens (including phenoxy) is 1. The molecule has 0 radical (unpaired) electrons. The minimum absolute atomic E-state index is 0.193. The van der Waals surface area contributed by atoms with Crippen LogP contribution in [0.5, 0.6) is 5.75 Å². The molecule has 0 N–H and O–H groups in total. The lowest BCUT2D eigenvalue weighted by Gasteiger charge is -2.33. The number of pyridine rings is 1. The molecule has 2 aliphatic heterocycles. The molecular formula is C25H27ClFN7O. The molecule has 4 heterocycles. The second-order valence-electron chi connectivity index (χ2n) is 9.55. The fourth-order valence-electron chi connectivity index (χ4n) is 4.91. The molecule has 1 fully saturated rings. The number of benzene rings is 1. The summed E-state index contributed by atoms with van der Waals surface area (Å²) in [7, 11) is 1.53. The second-order valence-corrected chi connectivity index (χ2v) is 9.99. The van der Waals surface area contributed by atoms with Gasteiger partial charge in [-0.3, -0.25) is 9.47 Å². The zero-order valence-corrected chi connectivity index (χ0v) is 20.8. The van der Waals surface area contributed by atoms with Gasteiger partial charge < -0.3 is 9.64 Å². The molecule has 3 aromatic rings. The Bertz CT molecular complexity index is 1290. The Morgan fingerprint density at radius 2 is 1.94 bits per heavy atom. The zero-order valence-electron chi connectivity index (χ0n) is 20.0. The quantitative estimate of drug-likeness (QED) is 0.528. The van der Waals surface area contributed by atoms with Crippen LogP contribution in [-0.2, 0) is 13.1 Å². The number of hydrogen-bond acceptors (Lipinski definition) is 7. The summed E-state index contributed by atoms with van der Waals surface area (Å²) in [5.74, 6) is 2.59. The lowest BCUT2D eigenvalue weighted by molar-refractivity contribution is 0.147. The highest BCUT2D eigenvalue weighted by Crippen LogP contribution is 2.37. The van der Waals surface area contributed by atoms with Crippen molar-refractivity contribution < 1.29 is 9.13 Å². The molecule has 35 heavy (non-hydrogen) atoms. The van der Waals surface area contributed by atoms with E-state index in [-0.39, 0.29) is 5.92 Å². The maximum Gasteiger partial charge on any atom is 0.171 e. The van der Waals surface area contributed by atoms with Gasteiger partial charge in [0.25, 0.3) is 0 Å². The summed E-state index contributed by atoms with van der Waals surface area (Å²) in [5, 5.41) is 19.6. The first-order valence-corrected chi connectivity index (χ1v) is 12.0. The van der Waals surface area contributed by atoms with Crippen LogP contribution in [0.15, 0.2) is 30.5 Å². The molecule has 0 amide bonds. The topological polar surface area (TPSA) is 83.1 Å². The van der Waals surface area contributed by atoms with E-state index in [1.165, 1.54) is 19.4 Å². The minimum Gasteiger partial charge on any atom is -0.493 e. The van der Waals surface area contributed by atoms with Crippen LogP contribution in [0.1, 0.15) is 49.8 Å². The van der Waals surface area contributed by atoms with Crippen molar-refractivity contribution in [3.05, 3.63) is 58.5 Å². The van der Waals surface area contributed by atoms with Crippen molar-refractivity contribution in [1.82, 2.24) is 24.6 Å². The predicted octanol–water partition coefficient (Wildman–Crippen LogP) is 4.47. The molecule has 2 aliphatic rings. The second kappa shape index (κ2) is 9.10. The first-order chi connectivity index (χ1) is 16.8. The Morgan fingerprint density at radius 1 is 1.17 bits per heavy atom. The third-order valence-electron chi connectivity index (χ3n) is 6.97. The van der Waals surface area contributed by atoms with E-state index in [9.17, 15) is 9.65 Å². The SMILES string of the molecule is COc1cc(F)cnc1N1CCC(c2nnc3n2-c2ccc(Cl)cc2CN(C(C)(C)C#N)C3)CC1. The standard InChI is InChI=1S/C25H27ClFN7O/c1-25(2,15-28)33-13-17-10-18(26)4-5-20(17)34-22(14-33)30-31-23(34)16-6-8-32(9-7-16)24-21(35-3)11-19(27)12-29-24/h4-5,10-12,16H,6-9,13-14H2,1-3H3. The summed E-state index contributed by atoms with van der Waals surface area (Å²) >= 11 is 6.35. The number of nitriles is 1. The molecule has 0 saturated carbocycles. The van der Waals surface area contributed by atoms with Gasteiger partial charge in [-0.05, 0) is 50.5 Å². The molecule has 0 bridgehead atoms. The highest BCUT2D eigenvalue weighted by atomic mass is 35.5. The molecule has 182 valence electrons. The third kappa shape index (κ3) is 4.32. The first-order valence-electron chi connectivity index (χ1n) is 11.6. The smallest absolute Gasteiger partial charge is 0.171 e. The van der Waals surface area contributed by atoms with Crippen molar-refractivity contribution in [1.29, 1.82) is 5.26 Å². The lowest BCUT2D eigenvalue weighted by Crippen LogP contribution is -2.41. The average molecular weight is 496 g/mol. The summed E-state index contributed by atoms with van der Waals surface area (Å²) in [6.07, 6.45) is 2.91. The van der Waals surface area contributed by atoms with Gasteiger partial charge >= 0.3 is 0 Å². The minimum atomic E-state index is -0.673. The fourth-order valence-corrected chi connectivity index (χ4v) is 5.10. The summed E-state index contributed by atoms with van der Waals surface area (Å²) < 4.78 is 21.1. The van der Waals surface area contributed by atoms with E-state index in [2.05, 4.69) is 35.6 Å². The van der Waals surface area contributed by atoms with Gasteiger partial charge in [-0.25, -0.2) is 9.37 Å². The van der Waals surface area contributed by atoms with Gasteiger partial charge in [0.05, 0.1) is 31.6 Å². The van der Waals surface area contributed by atoms with Gasteiger partial charge in [0, 0.05) is 36.6 Å². The van der Waals surface area contributed by atoms with Crippen LogP contribution < -0.4 is 9.64 Å². The zero-order chi connectivity index (χ0) is 24.7. The van der Waals surface area contributed by atoms with Gasteiger partial charge in [-0.15, -0.1) is 10.2 Å². The fraction of sp³-hybridized carbons (Fsp3) is 0.440. The molecular weight excluding hydrogens is 469 g/mol. The van der Waals surface area contributed by atoms with Gasteiger partial charge in [-0.2, -0.15) is 5.26 Å². The van der Waals surface area contributed by atoms with Crippen molar-refractivity contribution in [2.24, 2.45) is 0 Å². The Hall–Kier alpha value is -3.22. The summed E-state index contributed by atoms with van der Waals surface area (Å²) in [6.45, 7) is 6.41. The van der Waals surface area contributed by atoms with Gasteiger partial charge in [0.15, 0.2) is 17.4 Å². The molecule has 10 heteroatoms. The van der Waals surface area contributed by atoms with Crippen LogP contribution in [0.4, 0.5) is 10.2 Å². The maximum atomic E-state index is 13.6. The highest BCUT2D eigenvalue weighted by Gasteiger charge is 2.35. The van der Waals surface area contributed by atoms with E-state index >= 15 is 0 Å². The molecule has 1 aromatic carbocycles. The predicted molar refractivity (Wildman–Crippen MR) is 130 cm³/mol. The number of fused-ring (bicyclic) bond motifs is 3. The third-order valence-corrected chi connectivity index (χ3v) is 7.21. The molecule has 8 nitrogen and oxygen atoms in total. The van der Waals surface area contributed by atoms with E-state index in [1.54, 1.807) is 0 Å². The van der Waals surface area contributed by atoms with E-state index in [1.807, 2.05) is 32.0 Å². The Morgan fingerprint density at radius 3 is 2.66 bits per heavy atom. The Balaban J connectivity index is 1.46. The summed E-state index contributed by atoms with van der Waals surface area (Å²) in [5.41, 5.74) is 1.37. The van der Waals surface area contributed by atoms with Crippen LogP contribution in [0.3, 0.4) is 0 Å². The van der Waals surface area contributed by atoms with Crippen LogP contribution in [0.25, 0.3) is 5.69 Å². The average Bonchev–Trinajstić information content (AvgIpc) is 3.19. The molecule has 5 rings (SSSR count). The largest absolute Gasteiger partial charge is 0.493 e. The van der Waals surface area contributed by atoms with E-state index in [0.29, 0.717) is 29.7 Å². The van der Waals surface area contributed by atoms with Crippen molar-refractivity contribution in [2.45, 2.75) is 51.2 Å². The highest BCUT2D eigenvalue weighted by molar-refractivity contribution is 6.30. The summed E-state index contributed by atoms with van der Waals surface area (Å²) in [6, 6.07) is 9.63. The van der Waals surface area contributed by atoms with E-state index in [0.717, 1.165) is 48.8 Å². The number of nitrogens with zero attached hydrogens (tertiary/aromatic N) is 7. The van der Waals surface area contributed by atoms with E-state index in [4.69, 9.17) is 16.3 Å². The number of methoxy groups -OCH3 is 1. The first kappa shape index (κ1) is 23.5. The number of piperidine rings is 1. The van der Waals surface area contributed by atoms with Crippen molar-refractivity contribution in [3.63, 3.8) is 0 Å². The Labute approximate surface area is 208 Å². The number of aromatic nitrogens is 4. The van der Waals surface area contributed by atoms with Gasteiger partial charge in [-0.1, -0.05) is 11.6 Å². The van der Waals surface area contributed by atoms with Crippen LogP contribution in [-0.4, -0.2) is 50.4 Å². The number of halogens is 2. The molecule has 2 aromatic heterocycles. The Kier molecular flexibility index (Phi) is 6.11. The number of rotatable bonds is 4. The molecule has 1 saturated heterocycles. The summed E-state index contributed by atoms with van der Waals surface area (Å²) in [4.78, 5) is 8.50. The van der Waals surface area contributed by atoms with Crippen molar-refractivity contribution in [3.8, 4) is 17.5 Å². The van der Waals surface area contributed by atoms with Crippen molar-refractivity contribution in [2.75, 3.05) is 25.1 Å². The number of hydrogen-bond donors (Lipinski definition) is 0. The van der Waals surface area contributed by atoms with E-state index < -0.39 is 11.4 Å².